The smallest absolute Gasteiger partial charge is 0.280 e. The number of aliphatic imine (C=N–C) groups is 1. The molecule has 0 unspecified atom stereocenters. The van der Waals surface area contributed by atoms with Crippen molar-refractivity contribution in [1.82, 2.24) is 4.98 Å². The fraction of sp³-hybridized carbons (Fsp3) is 0.0556. The second-order valence-electron chi connectivity index (χ2n) is 5.39. The molecule has 1 amide bonds. The molecule has 3 aromatic rings. The van der Waals surface area contributed by atoms with Crippen molar-refractivity contribution in [2.24, 2.45) is 16.5 Å². The molecule has 6 nitrogen and oxygen atoms in total. The van der Waals surface area contributed by atoms with Crippen molar-refractivity contribution < 1.29 is 9.90 Å². The minimum atomic E-state index is -0.581. The number of aromatic hydroxyl groups is 1. The van der Waals surface area contributed by atoms with Crippen molar-refractivity contribution in [1.29, 1.82) is 0 Å². The van der Waals surface area contributed by atoms with Crippen molar-refractivity contribution in [3.05, 3.63) is 59.7 Å². The van der Waals surface area contributed by atoms with Crippen LogP contribution in [-0.2, 0) is 0 Å². The van der Waals surface area contributed by atoms with Gasteiger partial charge in [-0.3, -0.25) is 4.79 Å². The minimum absolute atomic E-state index is 0.0123. The highest BCUT2D eigenvalue weighted by atomic mass is 16.3. The summed E-state index contributed by atoms with van der Waals surface area (Å²) in [5.74, 6) is -0.910. The molecule has 0 aliphatic carbocycles. The van der Waals surface area contributed by atoms with Crippen LogP contribution in [0.3, 0.4) is 0 Å². The summed E-state index contributed by atoms with van der Waals surface area (Å²) in [7, 11) is 0. The van der Waals surface area contributed by atoms with Gasteiger partial charge in [0.05, 0.1) is 11.3 Å². The lowest BCUT2D eigenvalue weighted by molar-refractivity contribution is 0.100. The van der Waals surface area contributed by atoms with Crippen LogP contribution in [0.5, 0.6) is 5.75 Å². The van der Waals surface area contributed by atoms with E-state index in [2.05, 4.69) is 9.98 Å². The molecule has 0 aliphatic rings. The third-order valence-electron chi connectivity index (χ3n) is 3.70. The summed E-state index contributed by atoms with van der Waals surface area (Å²) in [6.07, 6.45) is 0. The standard InChI is InChI=1S/C18H16N4O2/c1-10-5-2-3-6-11(10)14-9-13(17(24)22-18(19)20)12-7-4-8-15(23)16(12)21-14/h2-9,23H,1H3,(H4,19,20,22,24). The number of carbonyl (C=O) groups is 1. The number of fused-ring (bicyclic) bond motifs is 1. The molecule has 24 heavy (non-hydrogen) atoms. The van der Waals surface area contributed by atoms with Crippen LogP contribution in [0.4, 0.5) is 0 Å². The number of aromatic nitrogens is 1. The molecule has 3 rings (SSSR count). The fourth-order valence-electron chi connectivity index (χ4n) is 2.59. The number of amides is 1. The predicted octanol–water partition coefficient (Wildman–Crippen LogP) is 2.33. The Bertz CT molecular complexity index is 976. The van der Waals surface area contributed by atoms with Gasteiger partial charge in [0.1, 0.15) is 11.3 Å². The number of nitrogens with zero attached hydrogens (tertiary/aromatic N) is 2. The normalized spacial score (nSPS) is 10.5. The SMILES string of the molecule is Cc1ccccc1-c1cc(C(=O)N=C(N)N)c2cccc(O)c2n1. The first-order valence-corrected chi connectivity index (χ1v) is 7.30. The Labute approximate surface area is 138 Å². The average Bonchev–Trinajstić information content (AvgIpc) is 2.54. The van der Waals surface area contributed by atoms with Gasteiger partial charge in [-0.05, 0) is 24.6 Å². The van der Waals surface area contributed by atoms with Gasteiger partial charge in [-0.2, -0.15) is 4.99 Å². The minimum Gasteiger partial charge on any atom is -0.506 e. The van der Waals surface area contributed by atoms with E-state index in [1.54, 1.807) is 18.2 Å². The Kier molecular flexibility index (Phi) is 3.87. The molecular weight excluding hydrogens is 304 g/mol. The summed E-state index contributed by atoms with van der Waals surface area (Å²) >= 11 is 0. The first-order chi connectivity index (χ1) is 11.5. The van der Waals surface area contributed by atoms with Crippen LogP contribution < -0.4 is 11.5 Å². The van der Waals surface area contributed by atoms with Gasteiger partial charge in [0.15, 0.2) is 5.96 Å². The fourth-order valence-corrected chi connectivity index (χ4v) is 2.59. The van der Waals surface area contributed by atoms with Crippen LogP contribution in [0.15, 0.2) is 53.5 Å². The van der Waals surface area contributed by atoms with E-state index in [4.69, 9.17) is 11.5 Å². The number of rotatable bonds is 2. The monoisotopic (exact) mass is 320 g/mol. The lowest BCUT2D eigenvalue weighted by Crippen LogP contribution is -2.24. The van der Waals surface area contributed by atoms with Crippen molar-refractivity contribution >= 4 is 22.8 Å². The van der Waals surface area contributed by atoms with Crippen LogP contribution in [0.2, 0.25) is 0 Å². The predicted molar refractivity (Wildman–Crippen MR) is 93.7 cm³/mol. The second kappa shape index (κ2) is 6.00. The van der Waals surface area contributed by atoms with E-state index < -0.39 is 5.91 Å². The van der Waals surface area contributed by atoms with Crippen molar-refractivity contribution in [2.45, 2.75) is 6.92 Å². The van der Waals surface area contributed by atoms with Gasteiger partial charge in [0.25, 0.3) is 5.91 Å². The number of hydrogen-bond acceptors (Lipinski definition) is 3. The number of hydrogen-bond donors (Lipinski definition) is 3. The van der Waals surface area contributed by atoms with E-state index in [1.807, 2.05) is 31.2 Å². The largest absolute Gasteiger partial charge is 0.506 e. The summed E-state index contributed by atoms with van der Waals surface area (Å²) in [4.78, 5) is 20.5. The highest BCUT2D eigenvalue weighted by Gasteiger charge is 2.16. The number of phenolic OH excluding ortho intramolecular Hbond substituents is 1. The van der Waals surface area contributed by atoms with E-state index in [1.165, 1.54) is 6.07 Å². The molecule has 0 fully saturated rings. The molecule has 0 saturated carbocycles. The molecule has 6 heteroatoms. The number of aryl methyl sites for hydroxylation is 1. The maximum absolute atomic E-state index is 12.4. The Morgan fingerprint density at radius 2 is 1.88 bits per heavy atom. The molecule has 1 heterocycles. The average molecular weight is 320 g/mol. The lowest BCUT2D eigenvalue weighted by Gasteiger charge is -2.10. The van der Waals surface area contributed by atoms with Gasteiger partial charge >= 0.3 is 0 Å². The number of nitrogens with two attached hydrogens (primary N) is 2. The first-order valence-electron chi connectivity index (χ1n) is 7.30. The van der Waals surface area contributed by atoms with E-state index in [-0.39, 0.29) is 17.3 Å². The third kappa shape index (κ3) is 2.77. The number of carbonyl (C=O) groups excluding carboxylic acids is 1. The van der Waals surface area contributed by atoms with Crippen molar-refractivity contribution in [2.75, 3.05) is 0 Å². The number of para-hydroxylation sites is 1. The van der Waals surface area contributed by atoms with Gasteiger partial charge < -0.3 is 16.6 Å². The van der Waals surface area contributed by atoms with Gasteiger partial charge in [0, 0.05) is 10.9 Å². The molecular formula is C18H16N4O2. The summed E-state index contributed by atoms with van der Waals surface area (Å²) in [5.41, 5.74) is 13.7. The van der Waals surface area contributed by atoms with Crippen LogP contribution in [-0.4, -0.2) is 22.0 Å². The Morgan fingerprint density at radius 3 is 2.58 bits per heavy atom. The number of guanidine groups is 1. The molecule has 0 bridgehead atoms. The van der Waals surface area contributed by atoms with Gasteiger partial charge in [-0.1, -0.05) is 36.4 Å². The van der Waals surface area contributed by atoms with Crippen LogP contribution >= 0.6 is 0 Å². The Morgan fingerprint density at radius 1 is 1.12 bits per heavy atom. The zero-order chi connectivity index (χ0) is 17.3. The maximum Gasteiger partial charge on any atom is 0.280 e. The molecule has 0 saturated heterocycles. The van der Waals surface area contributed by atoms with Crippen molar-refractivity contribution in [3.8, 4) is 17.0 Å². The lowest BCUT2D eigenvalue weighted by atomic mass is 10.0. The second-order valence-corrected chi connectivity index (χ2v) is 5.39. The number of benzene rings is 2. The van der Waals surface area contributed by atoms with E-state index in [0.717, 1.165) is 11.1 Å². The highest BCUT2D eigenvalue weighted by Crippen LogP contribution is 2.31. The molecule has 2 aromatic carbocycles. The zero-order valence-electron chi connectivity index (χ0n) is 13.0. The zero-order valence-corrected chi connectivity index (χ0v) is 13.0. The molecule has 120 valence electrons. The first kappa shape index (κ1) is 15.5. The number of pyridine rings is 1. The van der Waals surface area contributed by atoms with Crippen molar-refractivity contribution in [3.63, 3.8) is 0 Å². The molecule has 0 aliphatic heterocycles. The van der Waals surface area contributed by atoms with Gasteiger partial charge in [-0.25, -0.2) is 4.98 Å². The van der Waals surface area contributed by atoms with E-state index >= 15 is 0 Å². The topological polar surface area (TPSA) is 115 Å². The third-order valence-corrected chi connectivity index (χ3v) is 3.70. The molecule has 1 aromatic heterocycles. The van der Waals surface area contributed by atoms with Crippen LogP contribution in [0.1, 0.15) is 15.9 Å². The summed E-state index contributed by atoms with van der Waals surface area (Å²) in [6, 6.07) is 14.1. The Hall–Kier alpha value is -3.41. The quantitative estimate of drug-likeness (QED) is 0.495. The van der Waals surface area contributed by atoms with E-state index in [0.29, 0.717) is 16.6 Å². The summed E-state index contributed by atoms with van der Waals surface area (Å²) in [5, 5.41) is 10.6. The summed E-state index contributed by atoms with van der Waals surface area (Å²) in [6.45, 7) is 1.95. The molecule has 0 radical (unpaired) electrons. The highest BCUT2D eigenvalue weighted by molar-refractivity contribution is 6.11. The molecule has 5 N–H and O–H groups in total. The summed E-state index contributed by atoms with van der Waals surface area (Å²) < 4.78 is 0. The maximum atomic E-state index is 12.4. The number of phenols is 1. The van der Waals surface area contributed by atoms with Gasteiger partial charge in [-0.15, -0.1) is 0 Å². The van der Waals surface area contributed by atoms with E-state index in [9.17, 15) is 9.90 Å². The van der Waals surface area contributed by atoms with Crippen LogP contribution in [0, 0.1) is 6.92 Å². The molecule has 0 spiro atoms. The Balaban J connectivity index is 2.34. The van der Waals surface area contributed by atoms with Crippen LogP contribution in [0.25, 0.3) is 22.2 Å². The molecule has 0 atom stereocenters. The van der Waals surface area contributed by atoms with Gasteiger partial charge in [0.2, 0.25) is 0 Å².